The van der Waals surface area contributed by atoms with Gasteiger partial charge in [-0.25, -0.2) is 9.97 Å². The van der Waals surface area contributed by atoms with Crippen LogP contribution in [0, 0.1) is 27.7 Å². The number of amides is 1. The second kappa shape index (κ2) is 7.07. The molecule has 0 spiro atoms. The summed E-state index contributed by atoms with van der Waals surface area (Å²) in [7, 11) is 0. The van der Waals surface area contributed by atoms with Crippen molar-refractivity contribution in [3.63, 3.8) is 0 Å². The van der Waals surface area contributed by atoms with E-state index in [1.54, 1.807) is 0 Å². The van der Waals surface area contributed by atoms with E-state index in [-0.39, 0.29) is 18.3 Å². The van der Waals surface area contributed by atoms with Crippen molar-refractivity contribution in [2.45, 2.75) is 27.7 Å². The minimum absolute atomic E-state index is 0. The number of halogens is 1. The molecule has 0 aliphatic rings. The molecule has 140 valence electrons. The molecule has 1 aromatic carbocycles. The molecule has 27 heavy (non-hydrogen) atoms. The zero-order valence-electron chi connectivity index (χ0n) is 15.3. The minimum atomic E-state index is -0.240. The number of pyridine rings is 1. The van der Waals surface area contributed by atoms with Crippen molar-refractivity contribution in [1.29, 1.82) is 0 Å². The standard InChI is InChI=1S/C19H18N4OS2.ClH/c1-8-5-9(2)12-7-13-15(20)16(26-18(13)22-14(12)6-8)17(24)23-19-21-10(3)11(4)25-19;/h5-7H,20H2,1-4H3,(H,21,23,24);1H. The van der Waals surface area contributed by atoms with Gasteiger partial charge in [0.1, 0.15) is 9.71 Å². The highest BCUT2D eigenvalue weighted by Gasteiger charge is 2.19. The van der Waals surface area contributed by atoms with Gasteiger partial charge in [0.2, 0.25) is 0 Å². The van der Waals surface area contributed by atoms with Gasteiger partial charge < -0.3 is 5.73 Å². The summed E-state index contributed by atoms with van der Waals surface area (Å²) in [6.45, 7) is 8.02. The molecule has 0 aliphatic heterocycles. The zero-order chi connectivity index (χ0) is 18.6. The van der Waals surface area contributed by atoms with Crippen molar-refractivity contribution < 1.29 is 4.79 Å². The predicted octanol–water partition coefficient (Wildman–Crippen LogP) is 5.40. The summed E-state index contributed by atoms with van der Waals surface area (Å²) in [5.74, 6) is -0.240. The summed E-state index contributed by atoms with van der Waals surface area (Å²) in [4.78, 5) is 24.1. The van der Waals surface area contributed by atoms with Crippen LogP contribution in [0.3, 0.4) is 0 Å². The Morgan fingerprint density at radius 2 is 1.78 bits per heavy atom. The first kappa shape index (κ1) is 19.5. The van der Waals surface area contributed by atoms with E-state index >= 15 is 0 Å². The first-order valence-electron chi connectivity index (χ1n) is 8.19. The van der Waals surface area contributed by atoms with Gasteiger partial charge in [-0.3, -0.25) is 10.1 Å². The van der Waals surface area contributed by atoms with Gasteiger partial charge in [0.25, 0.3) is 5.91 Å². The second-order valence-corrected chi connectivity index (χ2v) is 8.65. The average Bonchev–Trinajstić information content (AvgIpc) is 3.05. The number of nitrogens with one attached hydrogen (secondary N) is 1. The maximum absolute atomic E-state index is 12.7. The van der Waals surface area contributed by atoms with Crippen molar-refractivity contribution in [1.82, 2.24) is 9.97 Å². The number of nitrogens with zero attached hydrogens (tertiary/aromatic N) is 2. The van der Waals surface area contributed by atoms with E-state index in [1.165, 1.54) is 28.2 Å². The summed E-state index contributed by atoms with van der Waals surface area (Å²) in [5, 5.41) is 5.33. The Morgan fingerprint density at radius 3 is 2.44 bits per heavy atom. The minimum Gasteiger partial charge on any atom is -0.397 e. The maximum Gasteiger partial charge on any atom is 0.269 e. The third-order valence-electron chi connectivity index (χ3n) is 4.44. The lowest BCUT2D eigenvalue weighted by Crippen LogP contribution is -2.11. The first-order chi connectivity index (χ1) is 12.3. The quantitative estimate of drug-likeness (QED) is 0.457. The van der Waals surface area contributed by atoms with Crippen LogP contribution in [0.25, 0.3) is 21.1 Å². The molecular weight excluding hydrogens is 400 g/mol. The van der Waals surface area contributed by atoms with Crippen LogP contribution in [0.4, 0.5) is 10.8 Å². The number of carbonyl (C=O) groups is 1. The molecule has 0 radical (unpaired) electrons. The number of nitrogens with two attached hydrogens (primary N) is 1. The van der Waals surface area contributed by atoms with E-state index in [0.29, 0.717) is 15.7 Å². The number of carbonyl (C=O) groups excluding carboxylic acids is 1. The number of rotatable bonds is 2. The van der Waals surface area contributed by atoms with Gasteiger partial charge in [-0.15, -0.1) is 35.1 Å². The number of nitrogen functional groups attached to an aromatic ring is 1. The molecule has 8 heteroatoms. The van der Waals surface area contributed by atoms with Gasteiger partial charge in [-0.05, 0) is 51.0 Å². The Balaban J connectivity index is 0.00000210. The molecule has 3 aromatic heterocycles. The fourth-order valence-electron chi connectivity index (χ4n) is 3.01. The smallest absolute Gasteiger partial charge is 0.269 e. The van der Waals surface area contributed by atoms with Crippen molar-refractivity contribution in [2.24, 2.45) is 0 Å². The molecule has 0 bridgehead atoms. The Labute approximate surface area is 171 Å². The maximum atomic E-state index is 12.7. The molecule has 0 atom stereocenters. The van der Waals surface area contributed by atoms with Crippen LogP contribution in [0.2, 0.25) is 0 Å². The average molecular weight is 419 g/mol. The molecular formula is C19H19ClN4OS2. The molecule has 3 heterocycles. The fourth-order valence-corrected chi connectivity index (χ4v) is 4.80. The summed E-state index contributed by atoms with van der Waals surface area (Å²) in [6.07, 6.45) is 0. The monoisotopic (exact) mass is 418 g/mol. The first-order valence-corrected chi connectivity index (χ1v) is 9.82. The Hall–Kier alpha value is -2.22. The molecule has 0 fully saturated rings. The van der Waals surface area contributed by atoms with Crippen LogP contribution in [0.1, 0.15) is 31.4 Å². The molecule has 4 aromatic rings. The SMILES string of the molecule is Cc1cc(C)c2cc3c(N)c(C(=O)Nc4nc(C)c(C)s4)sc3nc2c1.Cl. The second-order valence-electron chi connectivity index (χ2n) is 6.45. The van der Waals surface area contributed by atoms with Gasteiger partial charge in [-0.1, -0.05) is 6.07 Å². The molecule has 1 amide bonds. The Bertz CT molecular complexity index is 1180. The number of hydrogen-bond acceptors (Lipinski definition) is 6. The summed E-state index contributed by atoms with van der Waals surface area (Å²) >= 11 is 2.78. The number of thiazole rings is 1. The lowest BCUT2D eigenvalue weighted by molar-refractivity contribution is 0.103. The molecule has 0 unspecified atom stereocenters. The number of hydrogen-bond donors (Lipinski definition) is 2. The normalized spacial score (nSPS) is 11.0. The number of anilines is 2. The predicted molar refractivity (Wildman–Crippen MR) is 118 cm³/mol. The largest absolute Gasteiger partial charge is 0.397 e. The van der Waals surface area contributed by atoms with Gasteiger partial charge in [-0.2, -0.15) is 0 Å². The number of aryl methyl sites for hydroxylation is 4. The molecule has 4 rings (SSSR count). The summed E-state index contributed by atoms with van der Waals surface area (Å²) in [6, 6.07) is 6.21. The van der Waals surface area contributed by atoms with Gasteiger partial charge in [0.15, 0.2) is 5.13 Å². The number of aromatic nitrogens is 2. The van der Waals surface area contributed by atoms with E-state index in [4.69, 9.17) is 10.7 Å². The van der Waals surface area contributed by atoms with Crippen molar-refractivity contribution in [3.8, 4) is 0 Å². The van der Waals surface area contributed by atoms with Crippen molar-refractivity contribution >= 4 is 72.9 Å². The molecule has 0 saturated heterocycles. The lowest BCUT2D eigenvalue weighted by atomic mass is 10.1. The third-order valence-corrected chi connectivity index (χ3v) is 6.54. The molecule has 0 saturated carbocycles. The van der Waals surface area contributed by atoms with Crippen LogP contribution in [0.15, 0.2) is 18.2 Å². The number of thiophene rings is 1. The van der Waals surface area contributed by atoms with Crippen LogP contribution in [0.5, 0.6) is 0 Å². The van der Waals surface area contributed by atoms with E-state index in [9.17, 15) is 4.79 Å². The van der Waals surface area contributed by atoms with E-state index < -0.39 is 0 Å². The third kappa shape index (κ3) is 3.38. The van der Waals surface area contributed by atoms with E-state index in [2.05, 4.69) is 36.3 Å². The van der Waals surface area contributed by atoms with Crippen molar-refractivity contribution in [2.75, 3.05) is 11.1 Å². The highest BCUT2D eigenvalue weighted by molar-refractivity contribution is 7.21. The lowest BCUT2D eigenvalue weighted by Gasteiger charge is -2.04. The van der Waals surface area contributed by atoms with Gasteiger partial charge in [0.05, 0.1) is 16.9 Å². The highest BCUT2D eigenvalue weighted by atomic mass is 35.5. The van der Waals surface area contributed by atoms with Gasteiger partial charge >= 0.3 is 0 Å². The van der Waals surface area contributed by atoms with E-state index in [1.807, 2.05) is 19.9 Å². The molecule has 0 aliphatic carbocycles. The number of benzene rings is 1. The van der Waals surface area contributed by atoms with Gasteiger partial charge in [0, 0.05) is 15.6 Å². The molecule has 3 N–H and O–H groups in total. The Kier molecular flexibility index (Phi) is 5.12. The number of fused-ring (bicyclic) bond motifs is 2. The highest BCUT2D eigenvalue weighted by Crippen LogP contribution is 2.36. The summed E-state index contributed by atoms with van der Waals surface area (Å²) in [5.41, 5.74) is 10.9. The fraction of sp³-hybridized carbons (Fsp3) is 0.211. The van der Waals surface area contributed by atoms with Crippen molar-refractivity contribution in [3.05, 3.63) is 44.8 Å². The van der Waals surface area contributed by atoms with Crippen LogP contribution >= 0.6 is 35.1 Å². The zero-order valence-corrected chi connectivity index (χ0v) is 17.8. The summed E-state index contributed by atoms with van der Waals surface area (Å²) < 4.78 is 0. The molecule has 5 nitrogen and oxygen atoms in total. The van der Waals surface area contributed by atoms with Crippen LogP contribution in [-0.2, 0) is 0 Å². The van der Waals surface area contributed by atoms with Crippen LogP contribution < -0.4 is 11.1 Å². The van der Waals surface area contributed by atoms with Crippen LogP contribution in [-0.4, -0.2) is 15.9 Å². The van der Waals surface area contributed by atoms with E-state index in [0.717, 1.165) is 37.3 Å². The topological polar surface area (TPSA) is 80.9 Å². The Morgan fingerprint density at radius 1 is 1.04 bits per heavy atom.